The Morgan fingerprint density at radius 1 is 1.14 bits per heavy atom. The molecule has 1 aromatic carbocycles. The van der Waals surface area contributed by atoms with E-state index in [-0.39, 0.29) is 0 Å². The van der Waals surface area contributed by atoms with Crippen molar-refractivity contribution in [1.29, 1.82) is 0 Å². The Kier molecular flexibility index (Phi) is 5.81. The molecule has 0 unspecified atom stereocenters. The highest BCUT2D eigenvalue weighted by molar-refractivity contribution is 6.30. The van der Waals surface area contributed by atoms with E-state index in [0.29, 0.717) is 5.02 Å². The van der Waals surface area contributed by atoms with Crippen LogP contribution in [0.15, 0.2) is 36.5 Å². The molecule has 0 aliphatic heterocycles. The number of nitrogens with one attached hydrogen (secondary N) is 1. The monoisotopic (exact) mass is 304 g/mol. The van der Waals surface area contributed by atoms with Gasteiger partial charge in [-0.1, -0.05) is 31.5 Å². The summed E-state index contributed by atoms with van der Waals surface area (Å²) >= 11 is 5.99. The third-order valence-corrected chi connectivity index (χ3v) is 3.24. The van der Waals surface area contributed by atoms with E-state index in [4.69, 9.17) is 11.6 Å². The first-order valence-corrected chi connectivity index (χ1v) is 7.71. The number of rotatable bonds is 7. The molecule has 0 radical (unpaired) electrons. The highest BCUT2D eigenvalue weighted by atomic mass is 35.5. The van der Waals surface area contributed by atoms with Crippen LogP contribution in [-0.2, 0) is 0 Å². The van der Waals surface area contributed by atoms with E-state index in [1.165, 1.54) is 0 Å². The fraction of sp³-hybridized carbons (Fsp3) is 0.375. The Bertz CT molecular complexity index is 568. The smallest absolute Gasteiger partial charge is 0.227 e. The molecule has 0 spiro atoms. The van der Waals surface area contributed by atoms with E-state index in [9.17, 15) is 0 Å². The first-order chi connectivity index (χ1) is 10.2. The number of hydrogen-bond acceptors (Lipinski definition) is 4. The topological polar surface area (TPSA) is 41.1 Å². The SMILES string of the molecule is CCCN(CCC)c1nccc(Nc2cccc(Cl)c2)n1. The third kappa shape index (κ3) is 4.60. The molecule has 112 valence electrons. The summed E-state index contributed by atoms with van der Waals surface area (Å²) in [5.41, 5.74) is 0.921. The maximum absolute atomic E-state index is 5.99. The largest absolute Gasteiger partial charge is 0.341 e. The average molecular weight is 305 g/mol. The zero-order valence-electron chi connectivity index (χ0n) is 12.5. The summed E-state index contributed by atoms with van der Waals surface area (Å²) in [5.74, 6) is 1.55. The van der Waals surface area contributed by atoms with E-state index in [1.54, 1.807) is 6.20 Å². The highest BCUT2D eigenvalue weighted by Gasteiger charge is 2.08. The molecule has 0 saturated heterocycles. The van der Waals surface area contributed by atoms with Crippen molar-refractivity contribution in [3.8, 4) is 0 Å². The molecule has 0 aliphatic rings. The lowest BCUT2D eigenvalue weighted by Crippen LogP contribution is -2.26. The molecule has 21 heavy (non-hydrogen) atoms. The summed E-state index contributed by atoms with van der Waals surface area (Å²) in [6.45, 7) is 6.26. The predicted molar refractivity (Wildman–Crippen MR) is 89.6 cm³/mol. The van der Waals surface area contributed by atoms with Crippen molar-refractivity contribution < 1.29 is 0 Å². The molecule has 1 heterocycles. The van der Waals surface area contributed by atoms with Gasteiger partial charge in [0.2, 0.25) is 5.95 Å². The van der Waals surface area contributed by atoms with Gasteiger partial charge in [-0.25, -0.2) is 4.98 Å². The van der Waals surface area contributed by atoms with Gasteiger partial charge in [0.15, 0.2) is 0 Å². The van der Waals surface area contributed by atoms with Crippen LogP contribution in [0.1, 0.15) is 26.7 Å². The van der Waals surface area contributed by atoms with Gasteiger partial charge in [0.05, 0.1) is 0 Å². The fourth-order valence-corrected chi connectivity index (χ4v) is 2.33. The van der Waals surface area contributed by atoms with E-state index < -0.39 is 0 Å². The molecule has 0 bridgehead atoms. The molecule has 5 heteroatoms. The molecule has 1 aromatic heterocycles. The molecular weight excluding hydrogens is 284 g/mol. The van der Waals surface area contributed by atoms with Crippen LogP contribution in [0.5, 0.6) is 0 Å². The average Bonchev–Trinajstić information content (AvgIpc) is 2.47. The van der Waals surface area contributed by atoms with Crippen LogP contribution in [0.2, 0.25) is 5.02 Å². The minimum atomic E-state index is 0.702. The molecular formula is C16H21ClN4. The molecule has 0 fully saturated rings. The Hall–Kier alpha value is -1.81. The third-order valence-electron chi connectivity index (χ3n) is 3.01. The lowest BCUT2D eigenvalue weighted by molar-refractivity contribution is 0.722. The minimum Gasteiger partial charge on any atom is -0.341 e. The second-order valence-electron chi connectivity index (χ2n) is 4.86. The molecule has 4 nitrogen and oxygen atoms in total. The summed E-state index contributed by atoms with van der Waals surface area (Å²) in [6.07, 6.45) is 3.94. The first-order valence-electron chi connectivity index (χ1n) is 7.33. The van der Waals surface area contributed by atoms with Gasteiger partial charge < -0.3 is 10.2 Å². The number of anilines is 3. The number of aromatic nitrogens is 2. The van der Waals surface area contributed by atoms with Gasteiger partial charge in [-0.2, -0.15) is 4.98 Å². The maximum atomic E-state index is 5.99. The summed E-state index contributed by atoms with van der Waals surface area (Å²) in [6, 6.07) is 9.46. The second kappa shape index (κ2) is 7.84. The normalized spacial score (nSPS) is 10.4. The molecule has 0 atom stereocenters. The summed E-state index contributed by atoms with van der Waals surface area (Å²) in [4.78, 5) is 11.2. The molecule has 0 aliphatic carbocycles. The summed E-state index contributed by atoms with van der Waals surface area (Å²) < 4.78 is 0. The van der Waals surface area contributed by atoms with E-state index in [1.807, 2.05) is 30.3 Å². The Morgan fingerprint density at radius 2 is 1.90 bits per heavy atom. The van der Waals surface area contributed by atoms with Gasteiger partial charge in [-0.15, -0.1) is 0 Å². The van der Waals surface area contributed by atoms with E-state index >= 15 is 0 Å². The van der Waals surface area contributed by atoms with Crippen LogP contribution in [0.25, 0.3) is 0 Å². The molecule has 1 N–H and O–H groups in total. The van der Waals surface area contributed by atoms with E-state index in [2.05, 4.69) is 34.0 Å². The van der Waals surface area contributed by atoms with Crippen molar-refractivity contribution in [3.05, 3.63) is 41.6 Å². The fourth-order valence-electron chi connectivity index (χ4n) is 2.14. The van der Waals surface area contributed by atoms with Gasteiger partial charge in [0.25, 0.3) is 0 Å². The van der Waals surface area contributed by atoms with Crippen molar-refractivity contribution in [2.75, 3.05) is 23.3 Å². The second-order valence-corrected chi connectivity index (χ2v) is 5.30. The van der Waals surface area contributed by atoms with Crippen molar-refractivity contribution in [3.63, 3.8) is 0 Å². The van der Waals surface area contributed by atoms with Crippen LogP contribution in [0.3, 0.4) is 0 Å². The van der Waals surface area contributed by atoms with Crippen LogP contribution in [0, 0.1) is 0 Å². The van der Waals surface area contributed by atoms with Crippen molar-refractivity contribution in [2.24, 2.45) is 0 Å². The number of nitrogens with zero attached hydrogens (tertiary/aromatic N) is 3. The highest BCUT2D eigenvalue weighted by Crippen LogP contribution is 2.20. The van der Waals surface area contributed by atoms with Crippen LogP contribution in [0.4, 0.5) is 17.5 Å². The van der Waals surface area contributed by atoms with Gasteiger partial charge in [-0.05, 0) is 37.1 Å². The maximum Gasteiger partial charge on any atom is 0.227 e. The van der Waals surface area contributed by atoms with Crippen LogP contribution >= 0.6 is 11.6 Å². The Labute approximate surface area is 131 Å². The molecule has 2 rings (SSSR count). The van der Waals surface area contributed by atoms with Gasteiger partial charge in [0.1, 0.15) is 5.82 Å². The van der Waals surface area contributed by atoms with Crippen LogP contribution < -0.4 is 10.2 Å². The molecule has 0 amide bonds. The number of hydrogen-bond donors (Lipinski definition) is 1. The van der Waals surface area contributed by atoms with Crippen molar-refractivity contribution in [2.45, 2.75) is 26.7 Å². The quantitative estimate of drug-likeness (QED) is 0.817. The van der Waals surface area contributed by atoms with Crippen molar-refractivity contribution in [1.82, 2.24) is 9.97 Å². The molecule has 0 saturated carbocycles. The zero-order valence-corrected chi connectivity index (χ0v) is 13.3. The van der Waals surface area contributed by atoms with Gasteiger partial charge >= 0.3 is 0 Å². The van der Waals surface area contributed by atoms with E-state index in [0.717, 1.165) is 43.4 Å². The summed E-state index contributed by atoms with van der Waals surface area (Å²) in [7, 11) is 0. The van der Waals surface area contributed by atoms with Crippen LogP contribution in [-0.4, -0.2) is 23.1 Å². The van der Waals surface area contributed by atoms with Gasteiger partial charge in [0, 0.05) is 30.0 Å². The molecule has 2 aromatic rings. The lowest BCUT2D eigenvalue weighted by atomic mass is 10.3. The standard InChI is InChI=1S/C16H21ClN4/c1-3-10-21(11-4-2)16-18-9-8-15(20-16)19-14-7-5-6-13(17)12-14/h5-9,12H,3-4,10-11H2,1-2H3,(H,18,19,20). The predicted octanol–water partition coefficient (Wildman–Crippen LogP) is 4.50. The Morgan fingerprint density at radius 3 is 2.57 bits per heavy atom. The van der Waals surface area contributed by atoms with Gasteiger partial charge in [-0.3, -0.25) is 0 Å². The first kappa shape index (κ1) is 15.6. The number of benzene rings is 1. The van der Waals surface area contributed by atoms with Crippen molar-refractivity contribution >= 4 is 29.1 Å². The lowest BCUT2D eigenvalue weighted by Gasteiger charge is -2.21. The number of halogens is 1. The minimum absolute atomic E-state index is 0.702. The zero-order chi connectivity index (χ0) is 15.1. The Balaban J connectivity index is 2.16. The summed E-state index contributed by atoms with van der Waals surface area (Å²) in [5, 5.41) is 3.96.